The summed E-state index contributed by atoms with van der Waals surface area (Å²) < 4.78 is 0. The molecule has 0 spiro atoms. The number of carbonyl (C=O) groups excluding carboxylic acids is 1. The molecule has 4 heteroatoms. The molecule has 0 saturated heterocycles. The van der Waals surface area contributed by atoms with Crippen LogP contribution in [-0.2, 0) is 11.2 Å². The minimum absolute atomic E-state index is 0.0276. The van der Waals surface area contributed by atoms with E-state index in [-0.39, 0.29) is 12.6 Å². The number of hydrogen-bond donors (Lipinski definition) is 3. The first-order valence-electron chi connectivity index (χ1n) is 7.03. The molecule has 2 aromatic rings. The molecule has 0 aromatic heterocycles. The summed E-state index contributed by atoms with van der Waals surface area (Å²) in [7, 11) is 0. The molecule has 21 heavy (non-hydrogen) atoms. The number of benzene rings is 2. The van der Waals surface area contributed by atoms with Gasteiger partial charge in [0, 0.05) is 6.54 Å². The highest BCUT2D eigenvalue weighted by Crippen LogP contribution is 2.34. The average Bonchev–Trinajstić information content (AvgIpc) is 2.51. The summed E-state index contributed by atoms with van der Waals surface area (Å²) in [4.78, 5) is 11.0. The minimum atomic E-state index is -1.17. The number of nitrogens with two attached hydrogens (primary N) is 1. The van der Waals surface area contributed by atoms with Crippen LogP contribution in [0.1, 0.15) is 28.3 Å². The molecule has 0 saturated carbocycles. The summed E-state index contributed by atoms with van der Waals surface area (Å²) in [5, 5.41) is 12.9. The van der Waals surface area contributed by atoms with E-state index in [0.717, 1.165) is 6.42 Å². The zero-order valence-corrected chi connectivity index (χ0v) is 11.6. The van der Waals surface area contributed by atoms with Crippen molar-refractivity contribution in [3.8, 4) is 0 Å². The predicted octanol–water partition coefficient (Wildman–Crippen LogP) is 1.12. The molecule has 0 heterocycles. The lowest BCUT2D eigenvalue weighted by molar-refractivity contribution is -0.125. The van der Waals surface area contributed by atoms with Crippen LogP contribution in [0.15, 0.2) is 48.5 Å². The Morgan fingerprint density at radius 3 is 2.19 bits per heavy atom. The van der Waals surface area contributed by atoms with Crippen LogP contribution in [-0.4, -0.2) is 23.7 Å². The second kappa shape index (κ2) is 5.68. The van der Waals surface area contributed by atoms with Crippen molar-refractivity contribution >= 4 is 5.91 Å². The summed E-state index contributed by atoms with van der Waals surface area (Å²) in [6.45, 7) is 0.142. The smallest absolute Gasteiger partial charge is 0.247 e. The van der Waals surface area contributed by atoms with Crippen LogP contribution in [0.2, 0.25) is 0 Å². The molecule has 0 radical (unpaired) electrons. The number of nitrogens with one attached hydrogen (secondary N) is 1. The average molecular weight is 282 g/mol. The van der Waals surface area contributed by atoms with Crippen LogP contribution in [0, 0.1) is 0 Å². The molecule has 4 nitrogen and oxygen atoms in total. The van der Waals surface area contributed by atoms with Gasteiger partial charge in [-0.15, -0.1) is 0 Å². The Morgan fingerprint density at radius 2 is 1.67 bits per heavy atom. The quantitative estimate of drug-likeness (QED) is 0.786. The van der Waals surface area contributed by atoms with Crippen molar-refractivity contribution in [2.24, 2.45) is 5.73 Å². The molecule has 1 aliphatic carbocycles. The highest BCUT2D eigenvalue weighted by molar-refractivity contribution is 5.78. The van der Waals surface area contributed by atoms with Gasteiger partial charge in [0.05, 0.1) is 6.04 Å². The summed E-state index contributed by atoms with van der Waals surface area (Å²) in [6, 6.07) is 16.4. The Morgan fingerprint density at radius 1 is 1.14 bits per heavy atom. The van der Waals surface area contributed by atoms with Gasteiger partial charge in [0.15, 0.2) is 0 Å². The van der Waals surface area contributed by atoms with Gasteiger partial charge in [-0.2, -0.15) is 0 Å². The number of aliphatic hydroxyl groups excluding tert-OH is 1. The van der Waals surface area contributed by atoms with Crippen LogP contribution in [0.4, 0.5) is 0 Å². The van der Waals surface area contributed by atoms with Gasteiger partial charge in [0.2, 0.25) is 5.91 Å². The lowest BCUT2D eigenvalue weighted by atomic mass is 9.82. The third kappa shape index (κ3) is 2.68. The maximum atomic E-state index is 11.0. The molecule has 108 valence electrons. The summed E-state index contributed by atoms with van der Waals surface area (Å²) >= 11 is 0. The van der Waals surface area contributed by atoms with Crippen molar-refractivity contribution in [2.75, 3.05) is 6.54 Å². The Balaban J connectivity index is 1.93. The van der Waals surface area contributed by atoms with E-state index in [1.807, 2.05) is 24.3 Å². The van der Waals surface area contributed by atoms with E-state index in [0.29, 0.717) is 0 Å². The summed E-state index contributed by atoms with van der Waals surface area (Å²) in [5.41, 5.74) is 10.0. The maximum absolute atomic E-state index is 11.0. The molecule has 0 fully saturated rings. The topological polar surface area (TPSA) is 75.4 Å². The molecule has 0 aliphatic heterocycles. The first-order chi connectivity index (χ1) is 10.2. The van der Waals surface area contributed by atoms with Gasteiger partial charge in [0.25, 0.3) is 0 Å². The third-order valence-electron chi connectivity index (χ3n) is 3.96. The Kier molecular flexibility index (Phi) is 3.73. The molecule has 2 aromatic carbocycles. The highest BCUT2D eigenvalue weighted by Gasteiger charge is 2.25. The second-order valence-corrected chi connectivity index (χ2v) is 5.33. The van der Waals surface area contributed by atoms with Gasteiger partial charge in [0.1, 0.15) is 6.10 Å². The van der Waals surface area contributed by atoms with Crippen molar-refractivity contribution < 1.29 is 9.90 Å². The Labute approximate surface area is 123 Å². The van der Waals surface area contributed by atoms with Crippen molar-refractivity contribution in [1.29, 1.82) is 0 Å². The molecule has 1 unspecified atom stereocenters. The largest absolute Gasteiger partial charge is 0.382 e. The first-order valence-corrected chi connectivity index (χ1v) is 7.03. The van der Waals surface area contributed by atoms with Crippen LogP contribution < -0.4 is 11.1 Å². The monoisotopic (exact) mass is 282 g/mol. The van der Waals surface area contributed by atoms with E-state index >= 15 is 0 Å². The minimum Gasteiger partial charge on any atom is -0.382 e. The number of rotatable bonds is 4. The van der Waals surface area contributed by atoms with Crippen LogP contribution in [0.25, 0.3) is 0 Å². The van der Waals surface area contributed by atoms with Gasteiger partial charge in [-0.3, -0.25) is 4.79 Å². The van der Waals surface area contributed by atoms with Crippen molar-refractivity contribution in [3.63, 3.8) is 0 Å². The molecule has 3 rings (SSSR count). The molecule has 0 bridgehead atoms. The van der Waals surface area contributed by atoms with Crippen LogP contribution in [0.5, 0.6) is 0 Å². The van der Waals surface area contributed by atoms with Crippen molar-refractivity contribution in [3.05, 3.63) is 70.8 Å². The number of amides is 1. The predicted molar refractivity (Wildman–Crippen MR) is 80.7 cm³/mol. The molecular formula is C17H18N2O2. The molecule has 1 atom stereocenters. The molecular weight excluding hydrogens is 264 g/mol. The van der Waals surface area contributed by atoms with Gasteiger partial charge in [-0.1, -0.05) is 48.5 Å². The van der Waals surface area contributed by atoms with E-state index in [9.17, 15) is 9.90 Å². The zero-order valence-electron chi connectivity index (χ0n) is 11.6. The lowest BCUT2D eigenvalue weighted by Crippen LogP contribution is -2.40. The molecule has 4 N–H and O–H groups in total. The Bertz CT molecular complexity index is 624. The SMILES string of the molecule is NC(=O)C(O)CNC1c2ccccc2Cc2ccccc21. The summed E-state index contributed by atoms with van der Waals surface area (Å²) in [6.07, 6.45) is -0.269. The number of hydrogen-bond acceptors (Lipinski definition) is 3. The fourth-order valence-electron chi connectivity index (χ4n) is 2.88. The van der Waals surface area contributed by atoms with Crippen LogP contribution in [0.3, 0.4) is 0 Å². The zero-order chi connectivity index (χ0) is 14.8. The van der Waals surface area contributed by atoms with Gasteiger partial charge < -0.3 is 16.2 Å². The lowest BCUT2D eigenvalue weighted by Gasteiger charge is -2.29. The standard InChI is InChI=1S/C17H18N2O2/c18-17(21)15(20)10-19-16-13-7-3-1-5-11(13)9-12-6-2-4-8-14(12)16/h1-8,15-16,19-20H,9-10H2,(H2,18,21). The number of aliphatic hydroxyl groups is 1. The van der Waals surface area contributed by atoms with E-state index < -0.39 is 12.0 Å². The Hall–Kier alpha value is -2.17. The third-order valence-corrected chi connectivity index (χ3v) is 3.96. The normalized spacial score (nSPS) is 15.1. The molecule has 1 amide bonds. The fourth-order valence-corrected chi connectivity index (χ4v) is 2.88. The van der Waals surface area contributed by atoms with Gasteiger partial charge in [-0.25, -0.2) is 0 Å². The van der Waals surface area contributed by atoms with Gasteiger partial charge in [-0.05, 0) is 28.7 Å². The number of primary amides is 1. The van der Waals surface area contributed by atoms with E-state index in [4.69, 9.17) is 5.73 Å². The maximum Gasteiger partial charge on any atom is 0.247 e. The van der Waals surface area contributed by atoms with Gasteiger partial charge >= 0.3 is 0 Å². The second-order valence-electron chi connectivity index (χ2n) is 5.33. The van der Waals surface area contributed by atoms with Crippen molar-refractivity contribution in [1.82, 2.24) is 5.32 Å². The van der Waals surface area contributed by atoms with E-state index in [1.54, 1.807) is 0 Å². The van der Waals surface area contributed by atoms with E-state index in [2.05, 4.69) is 29.6 Å². The number of carbonyl (C=O) groups is 1. The highest BCUT2D eigenvalue weighted by atomic mass is 16.3. The van der Waals surface area contributed by atoms with E-state index in [1.165, 1.54) is 22.3 Å². The first kappa shape index (κ1) is 13.8. The fraction of sp³-hybridized carbons (Fsp3) is 0.235. The summed E-state index contributed by atoms with van der Waals surface area (Å²) in [5.74, 6) is -0.708. The van der Waals surface area contributed by atoms with Crippen molar-refractivity contribution in [2.45, 2.75) is 18.6 Å². The van der Waals surface area contributed by atoms with Crippen LogP contribution >= 0.6 is 0 Å². The number of fused-ring (bicyclic) bond motifs is 2. The molecule has 1 aliphatic rings.